The van der Waals surface area contributed by atoms with E-state index < -0.39 is 0 Å². The van der Waals surface area contributed by atoms with Crippen molar-refractivity contribution in [2.24, 2.45) is 0 Å². The van der Waals surface area contributed by atoms with E-state index in [-0.39, 0.29) is 11.8 Å². The summed E-state index contributed by atoms with van der Waals surface area (Å²) in [5.41, 5.74) is 7.88. The monoisotopic (exact) mass is 368 g/mol. The van der Waals surface area contributed by atoms with Crippen LogP contribution in [0.15, 0.2) is 48.5 Å². The predicted molar refractivity (Wildman–Crippen MR) is 105 cm³/mol. The van der Waals surface area contributed by atoms with Crippen molar-refractivity contribution in [2.45, 2.75) is 0 Å². The van der Waals surface area contributed by atoms with Crippen LogP contribution in [0.1, 0.15) is 20.7 Å². The first-order valence-electron chi connectivity index (χ1n) is 8.98. The highest BCUT2D eigenvalue weighted by molar-refractivity contribution is 6.06. The fourth-order valence-electron chi connectivity index (χ4n) is 2.83. The summed E-state index contributed by atoms with van der Waals surface area (Å²) in [5, 5.41) is 5.67. The van der Waals surface area contributed by atoms with Gasteiger partial charge in [-0.3, -0.25) is 14.5 Å². The number of ether oxygens (including phenoxy) is 1. The van der Waals surface area contributed by atoms with Crippen molar-refractivity contribution in [3.05, 3.63) is 59.7 Å². The standard InChI is InChI=1S/C20H24N4O3/c21-17-3-1-2-4-18(17)23-20(26)16-7-5-15(6-8-16)19(25)22-9-10-24-11-13-27-14-12-24/h1-8H,9-14,21H2,(H,22,25)(H,23,26). The van der Waals surface area contributed by atoms with Crippen LogP contribution in [0, 0.1) is 0 Å². The van der Waals surface area contributed by atoms with E-state index in [9.17, 15) is 9.59 Å². The van der Waals surface area contributed by atoms with E-state index in [0.29, 0.717) is 29.0 Å². The molecule has 2 amide bonds. The molecule has 0 radical (unpaired) electrons. The Balaban J connectivity index is 1.50. The molecule has 0 aromatic heterocycles. The highest BCUT2D eigenvalue weighted by Crippen LogP contribution is 2.18. The maximum absolute atomic E-state index is 12.3. The zero-order chi connectivity index (χ0) is 19.1. The number of rotatable bonds is 6. The molecule has 7 heteroatoms. The van der Waals surface area contributed by atoms with Crippen LogP contribution in [0.4, 0.5) is 11.4 Å². The highest BCUT2D eigenvalue weighted by Gasteiger charge is 2.12. The zero-order valence-corrected chi connectivity index (χ0v) is 15.1. The number of nitrogens with one attached hydrogen (secondary N) is 2. The van der Waals surface area contributed by atoms with Gasteiger partial charge in [0, 0.05) is 37.3 Å². The summed E-state index contributed by atoms with van der Waals surface area (Å²) in [7, 11) is 0. The van der Waals surface area contributed by atoms with E-state index in [2.05, 4.69) is 15.5 Å². The summed E-state index contributed by atoms with van der Waals surface area (Å²) >= 11 is 0. The molecule has 1 saturated heterocycles. The van der Waals surface area contributed by atoms with E-state index >= 15 is 0 Å². The van der Waals surface area contributed by atoms with Gasteiger partial charge >= 0.3 is 0 Å². The molecule has 2 aromatic rings. The normalized spacial score (nSPS) is 14.5. The van der Waals surface area contributed by atoms with Crippen LogP contribution in [-0.4, -0.2) is 56.1 Å². The summed E-state index contributed by atoms with van der Waals surface area (Å²) in [5.74, 6) is -0.422. The minimum atomic E-state index is -0.271. The summed E-state index contributed by atoms with van der Waals surface area (Å²) in [4.78, 5) is 26.8. The predicted octanol–water partition coefficient (Wildman–Crippen LogP) is 1.58. The Hall–Kier alpha value is -2.90. The van der Waals surface area contributed by atoms with E-state index in [0.717, 1.165) is 32.8 Å². The van der Waals surface area contributed by atoms with Crippen LogP contribution in [0.2, 0.25) is 0 Å². The first-order chi connectivity index (χ1) is 13.1. The quantitative estimate of drug-likeness (QED) is 0.673. The Morgan fingerprint density at radius 1 is 0.963 bits per heavy atom. The van der Waals surface area contributed by atoms with Crippen LogP contribution < -0.4 is 16.4 Å². The number of carbonyl (C=O) groups is 2. The molecule has 0 saturated carbocycles. The largest absolute Gasteiger partial charge is 0.397 e. The number of nitrogens with zero attached hydrogens (tertiary/aromatic N) is 1. The highest BCUT2D eigenvalue weighted by atomic mass is 16.5. The molecule has 1 heterocycles. The zero-order valence-electron chi connectivity index (χ0n) is 15.1. The van der Waals surface area contributed by atoms with Gasteiger partial charge in [-0.15, -0.1) is 0 Å². The van der Waals surface area contributed by atoms with Crippen molar-refractivity contribution >= 4 is 23.2 Å². The van der Waals surface area contributed by atoms with Gasteiger partial charge in [-0.25, -0.2) is 0 Å². The molecule has 1 aliphatic heterocycles. The molecule has 7 nitrogen and oxygen atoms in total. The molecular weight excluding hydrogens is 344 g/mol. The SMILES string of the molecule is Nc1ccccc1NC(=O)c1ccc(C(=O)NCCN2CCOCC2)cc1. The first-order valence-corrected chi connectivity index (χ1v) is 8.98. The van der Waals surface area contributed by atoms with Crippen molar-refractivity contribution in [3.8, 4) is 0 Å². The number of nitrogen functional groups attached to an aromatic ring is 1. The molecule has 0 spiro atoms. The van der Waals surface area contributed by atoms with Gasteiger partial charge < -0.3 is 21.1 Å². The summed E-state index contributed by atoms with van der Waals surface area (Å²) in [6, 6.07) is 13.6. The summed E-state index contributed by atoms with van der Waals surface area (Å²) in [6.07, 6.45) is 0. The topological polar surface area (TPSA) is 96.7 Å². The van der Waals surface area contributed by atoms with Gasteiger partial charge in [0.15, 0.2) is 0 Å². The minimum Gasteiger partial charge on any atom is -0.397 e. The van der Waals surface area contributed by atoms with Gasteiger partial charge in [-0.05, 0) is 36.4 Å². The average molecular weight is 368 g/mol. The lowest BCUT2D eigenvalue weighted by atomic mass is 10.1. The average Bonchev–Trinajstić information content (AvgIpc) is 2.70. The van der Waals surface area contributed by atoms with Gasteiger partial charge in [0.2, 0.25) is 0 Å². The van der Waals surface area contributed by atoms with Crippen LogP contribution in [-0.2, 0) is 4.74 Å². The summed E-state index contributed by atoms with van der Waals surface area (Å²) in [6.45, 7) is 4.65. The lowest BCUT2D eigenvalue weighted by molar-refractivity contribution is 0.0383. The molecular formula is C20H24N4O3. The lowest BCUT2D eigenvalue weighted by Crippen LogP contribution is -2.41. The van der Waals surface area contributed by atoms with Crippen LogP contribution in [0.3, 0.4) is 0 Å². The number of benzene rings is 2. The number of para-hydroxylation sites is 2. The number of anilines is 2. The van der Waals surface area contributed by atoms with Crippen molar-refractivity contribution in [2.75, 3.05) is 50.4 Å². The fraction of sp³-hybridized carbons (Fsp3) is 0.300. The second-order valence-electron chi connectivity index (χ2n) is 6.33. The van der Waals surface area contributed by atoms with E-state index in [4.69, 9.17) is 10.5 Å². The third-order valence-electron chi connectivity index (χ3n) is 4.44. The molecule has 3 rings (SSSR count). The van der Waals surface area contributed by atoms with Gasteiger partial charge in [-0.2, -0.15) is 0 Å². The summed E-state index contributed by atoms with van der Waals surface area (Å²) < 4.78 is 5.30. The number of amides is 2. The lowest BCUT2D eigenvalue weighted by Gasteiger charge is -2.26. The molecule has 142 valence electrons. The van der Waals surface area contributed by atoms with Crippen molar-refractivity contribution in [1.29, 1.82) is 0 Å². The fourth-order valence-corrected chi connectivity index (χ4v) is 2.83. The number of hydrogen-bond acceptors (Lipinski definition) is 5. The van der Waals surface area contributed by atoms with Gasteiger partial charge in [0.1, 0.15) is 0 Å². The number of carbonyl (C=O) groups excluding carboxylic acids is 2. The molecule has 0 aliphatic carbocycles. The van der Waals surface area contributed by atoms with Gasteiger partial charge in [-0.1, -0.05) is 12.1 Å². The first kappa shape index (κ1) is 18.9. The molecule has 1 aliphatic rings. The Morgan fingerprint density at radius 2 is 1.59 bits per heavy atom. The third-order valence-corrected chi connectivity index (χ3v) is 4.44. The minimum absolute atomic E-state index is 0.150. The van der Waals surface area contributed by atoms with Gasteiger partial charge in [0.05, 0.1) is 24.6 Å². The number of hydrogen-bond donors (Lipinski definition) is 3. The maximum Gasteiger partial charge on any atom is 0.255 e. The Bertz CT molecular complexity index is 786. The van der Waals surface area contributed by atoms with Gasteiger partial charge in [0.25, 0.3) is 11.8 Å². The van der Waals surface area contributed by atoms with Crippen LogP contribution >= 0.6 is 0 Å². The molecule has 0 atom stereocenters. The molecule has 27 heavy (non-hydrogen) atoms. The second kappa shape index (κ2) is 9.16. The van der Waals surface area contributed by atoms with Crippen molar-refractivity contribution in [1.82, 2.24) is 10.2 Å². The molecule has 2 aromatic carbocycles. The number of morpholine rings is 1. The number of nitrogens with two attached hydrogens (primary N) is 1. The van der Waals surface area contributed by atoms with Crippen molar-refractivity contribution in [3.63, 3.8) is 0 Å². The van der Waals surface area contributed by atoms with E-state index in [1.807, 2.05) is 0 Å². The Labute approximate surface area is 158 Å². The second-order valence-corrected chi connectivity index (χ2v) is 6.33. The third kappa shape index (κ3) is 5.29. The van der Waals surface area contributed by atoms with Crippen molar-refractivity contribution < 1.29 is 14.3 Å². The van der Waals surface area contributed by atoms with Crippen LogP contribution in [0.25, 0.3) is 0 Å². The van der Waals surface area contributed by atoms with E-state index in [1.54, 1.807) is 48.5 Å². The maximum atomic E-state index is 12.3. The molecule has 0 bridgehead atoms. The smallest absolute Gasteiger partial charge is 0.255 e. The Kier molecular flexibility index (Phi) is 6.40. The molecule has 4 N–H and O–H groups in total. The molecule has 1 fully saturated rings. The van der Waals surface area contributed by atoms with Crippen LogP contribution in [0.5, 0.6) is 0 Å². The Morgan fingerprint density at radius 3 is 2.26 bits per heavy atom. The molecule has 0 unspecified atom stereocenters. The van der Waals surface area contributed by atoms with E-state index in [1.165, 1.54) is 0 Å².